The molecule has 1 fully saturated rings. The SMILES string of the molecule is Cc1[se]n(C2CCN(C)CC2)c(=O)c1C. The summed E-state index contributed by atoms with van der Waals surface area (Å²) in [5, 5.41) is 0. The standard InChI is InChI=1S/C11H18N2OSe/c1-8-9(2)15-13(11(8)14)10-4-6-12(3)7-5-10/h10H,4-7H2,1-3H3. The molecule has 1 aromatic heterocycles. The Morgan fingerprint density at radius 3 is 2.33 bits per heavy atom. The summed E-state index contributed by atoms with van der Waals surface area (Å²) in [4.78, 5) is 14.3. The van der Waals surface area contributed by atoms with Gasteiger partial charge in [-0.15, -0.1) is 0 Å². The second-order valence-corrected chi connectivity index (χ2v) is 6.93. The quantitative estimate of drug-likeness (QED) is 0.707. The van der Waals surface area contributed by atoms with Crippen LogP contribution in [0.25, 0.3) is 0 Å². The third kappa shape index (κ3) is 2.12. The number of likely N-dealkylation sites (tertiary alicyclic amines) is 1. The third-order valence-corrected chi connectivity index (χ3v) is 5.91. The molecule has 0 bridgehead atoms. The summed E-state index contributed by atoms with van der Waals surface area (Å²) in [6.07, 6.45) is 2.29. The van der Waals surface area contributed by atoms with Crippen LogP contribution in [0.2, 0.25) is 0 Å². The van der Waals surface area contributed by atoms with Crippen LogP contribution in [0.1, 0.15) is 28.9 Å². The van der Waals surface area contributed by atoms with Gasteiger partial charge in [-0.2, -0.15) is 0 Å². The topological polar surface area (TPSA) is 25.2 Å². The molecule has 2 heterocycles. The van der Waals surface area contributed by atoms with Crippen LogP contribution in [0.3, 0.4) is 0 Å². The van der Waals surface area contributed by atoms with Crippen LogP contribution in [0.15, 0.2) is 4.79 Å². The molecular formula is C11H18N2OSe. The first-order valence-electron chi connectivity index (χ1n) is 5.47. The monoisotopic (exact) mass is 274 g/mol. The molecule has 1 saturated heterocycles. The van der Waals surface area contributed by atoms with Gasteiger partial charge in [0.1, 0.15) is 0 Å². The molecule has 2 rings (SSSR count). The molecule has 0 atom stereocenters. The van der Waals surface area contributed by atoms with Gasteiger partial charge in [-0.25, -0.2) is 0 Å². The minimum absolute atomic E-state index is 0.280. The van der Waals surface area contributed by atoms with Crippen molar-refractivity contribution in [2.45, 2.75) is 32.7 Å². The van der Waals surface area contributed by atoms with Gasteiger partial charge in [0.2, 0.25) is 0 Å². The van der Waals surface area contributed by atoms with Gasteiger partial charge in [-0.05, 0) is 0 Å². The first-order chi connectivity index (χ1) is 7.09. The normalized spacial score (nSPS) is 19.7. The average molecular weight is 273 g/mol. The molecule has 4 heteroatoms. The van der Waals surface area contributed by atoms with Gasteiger partial charge < -0.3 is 0 Å². The number of nitrogens with zero attached hydrogens (tertiary/aromatic N) is 2. The van der Waals surface area contributed by atoms with Crippen LogP contribution in [0.4, 0.5) is 0 Å². The molecule has 1 aliphatic rings. The molecular weight excluding hydrogens is 255 g/mol. The molecule has 15 heavy (non-hydrogen) atoms. The van der Waals surface area contributed by atoms with Gasteiger partial charge in [0, 0.05) is 0 Å². The van der Waals surface area contributed by atoms with Crippen molar-refractivity contribution >= 4 is 14.7 Å². The van der Waals surface area contributed by atoms with Crippen LogP contribution in [0, 0.1) is 13.8 Å². The van der Waals surface area contributed by atoms with Crippen LogP contribution in [0.5, 0.6) is 0 Å². The Balaban J connectivity index is 2.23. The molecule has 0 amide bonds. The van der Waals surface area contributed by atoms with E-state index in [1.807, 2.05) is 6.92 Å². The molecule has 0 unspecified atom stereocenters. The Kier molecular flexibility index (Phi) is 3.19. The molecule has 0 saturated carbocycles. The Labute approximate surface area is 96.7 Å². The molecule has 3 nitrogen and oxygen atoms in total. The molecule has 84 valence electrons. The maximum absolute atomic E-state index is 12.0. The number of aromatic nitrogens is 1. The minimum atomic E-state index is 0.280. The van der Waals surface area contributed by atoms with E-state index in [1.54, 1.807) is 0 Å². The van der Waals surface area contributed by atoms with E-state index in [0.717, 1.165) is 31.5 Å². The Morgan fingerprint density at radius 1 is 1.27 bits per heavy atom. The summed E-state index contributed by atoms with van der Waals surface area (Å²) < 4.78 is 3.44. The molecule has 0 radical (unpaired) electrons. The van der Waals surface area contributed by atoms with E-state index in [2.05, 4.69) is 22.4 Å². The second kappa shape index (κ2) is 4.28. The number of hydrogen-bond donors (Lipinski definition) is 0. The fourth-order valence-electron chi connectivity index (χ4n) is 2.04. The summed E-state index contributed by atoms with van der Waals surface area (Å²) in [6, 6.07) is 0.501. The van der Waals surface area contributed by atoms with E-state index in [4.69, 9.17) is 0 Å². The van der Waals surface area contributed by atoms with Crippen molar-refractivity contribution in [1.82, 2.24) is 8.46 Å². The van der Waals surface area contributed by atoms with Crippen LogP contribution >= 0.6 is 0 Å². The number of rotatable bonds is 1. The van der Waals surface area contributed by atoms with E-state index in [0.29, 0.717) is 11.6 Å². The second-order valence-electron chi connectivity index (χ2n) is 4.44. The van der Waals surface area contributed by atoms with E-state index >= 15 is 0 Å². The molecule has 0 aliphatic carbocycles. The van der Waals surface area contributed by atoms with E-state index in [-0.39, 0.29) is 14.7 Å². The Bertz CT molecular complexity index is 399. The van der Waals surface area contributed by atoms with Gasteiger partial charge in [0.05, 0.1) is 0 Å². The summed E-state index contributed by atoms with van der Waals surface area (Å²) in [6.45, 7) is 6.32. The van der Waals surface area contributed by atoms with Crippen molar-refractivity contribution in [3.05, 3.63) is 20.4 Å². The summed E-state index contributed by atoms with van der Waals surface area (Å²) in [7, 11) is 2.15. The van der Waals surface area contributed by atoms with Crippen molar-refractivity contribution in [1.29, 1.82) is 0 Å². The maximum atomic E-state index is 12.0. The predicted molar refractivity (Wildman–Crippen MR) is 62.9 cm³/mol. The van der Waals surface area contributed by atoms with Crippen LogP contribution in [-0.4, -0.2) is 43.3 Å². The zero-order valence-electron chi connectivity index (χ0n) is 9.62. The third-order valence-electron chi connectivity index (χ3n) is 3.30. The van der Waals surface area contributed by atoms with Gasteiger partial charge in [0.15, 0.2) is 0 Å². The summed E-state index contributed by atoms with van der Waals surface area (Å²) in [5.74, 6) is 0. The zero-order valence-corrected chi connectivity index (χ0v) is 11.3. The molecule has 0 N–H and O–H groups in total. The molecule has 0 spiro atoms. The average Bonchev–Trinajstić information content (AvgIpc) is 2.47. The Morgan fingerprint density at radius 2 is 1.87 bits per heavy atom. The number of aryl methyl sites for hydroxylation is 1. The van der Waals surface area contributed by atoms with E-state index < -0.39 is 0 Å². The summed E-state index contributed by atoms with van der Waals surface area (Å²) in [5.41, 5.74) is 1.29. The number of piperidine rings is 1. The summed E-state index contributed by atoms with van der Waals surface area (Å²) >= 11 is 0.280. The van der Waals surface area contributed by atoms with Crippen LogP contribution < -0.4 is 5.56 Å². The van der Waals surface area contributed by atoms with Crippen molar-refractivity contribution in [2.75, 3.05) is 20.1 Å². The predicted octanol–water partition coefficient (Wildman–Crippen LogP) is 0.789. The van der Waals surface area contributed by atoms with Crippen LogP contribution in [-0.2, 0) is 0 Å². The van der Waals surface area contributed by atoms with E-state index in [1.165, 1.54) is 4.44 Å². The molecule has 1 aliphatic heterocycles. The van der Waals surface area contributed by atoms with Gasteiger partial charge in [-0.1, -0.05) is 0 Å². The van der Waals surface area contributed by atoms with E-state index in [9.17, 15) is 4.79 Å². The Hall–Kier alpha value is -0.311. The first kappa shape index (κ1) is 11.2. The van der Waals surface area contributed by atoms with Gasteiger partial charge in [0.25, 0.3) is 0 Å². The fourth-order valence-corrected chi connectivity index (χ4v) is 4.35. The first-order valence-corrected chi connectivity index (χ1v) is 7.09. The zero-order chi connectivity index (χ0) is 11.0. The molecule has 1 aromatic rings. The van der Waals surface area contributed by atoms with Crippen molar-refractivity contribution < 1.29 is 0 Å². The van der Waals surface area contributed by atoms with Crippen molar-refractivity contribution in [3.8, 4) is 0 Å². The van der Waals surface area contributed by atoms with Gasteiger partial charge >= 0.3 is 96.4 Å². The number of hydrogen-bond acceptors (Lipinski definition) is 2. The van der Waals surface area contributed by atoms with Crippen molar-refractivity contribution in [3.63, 3.8) is 0 Å². The fraction of sp³-hybridized carbons (Fsp3) is 0.727. The van der Waals surface area contributed by atoms with Crippen molar-refractivity contribution in [2.24, 2.45) is 0 Å². The van der Waals surface area contributed by atoms with Gasteiger partial charge in [-0.3, -0.25) is 0 Å². The molecule has 0 aromatic carbocycles.